The topological polar surface area (TPSA) is 92.4 Å². The number of hydrogen-bond donors (Lipinski definition) is 3. The normalized spacial score (nSPS) is 11.9. The number of carbonyl (C=O) groups excluding carboxylic acids is 1. The predicted octanol–water partition coefficient (Wildman–Crippen LogP) is 1.10. The molecule has 1 rings (SSSR count). The molecule has 7 heteroatoms. The third-order valence-electron chi connectivity index (χ3n) is 2.28. The summed E-state index contributed by atoms with van der Waals surface area (Å²) < 4.78 is 0. The van der Waals surface area contributed by atoms with Crippen molar-refractivity contribution >= 4 is 35.2 Å². The van der Waals surface area contributed by atoms with Crippen LogP contribution in [0.3, 0.4) is 0 Å². The Hall–Kier alpha value is -1.24. The summed E-state index contributed by atoms with van der Waals surface area (Å²) in [5.41, 5.74) is 6.16. The van der Waals surface area contributed by atoms with Crippen LogP contribution in [0.4, 0.5) is 0 Å². The Kier molecular flexibility index (Phi) is 6.69. The fourth-order valence-electron chi connectivity index (χ4n) is 1.24. The molecule has 4 N–H and O–H groups in total. The number of benzene rings is 1. The number of hydrogen-bond acceptors (Lipinski definition) is 4. The van der Waals surface area contributed by atoms with Crippen molar-refractivity contribution in [2.75, 3.05) is 11.5 Å². The lowest BCUT2D eigenvalue weighted by atomic mass is 10.2. The van der Waals surface area contributed by atoms with E-state index in [2.05, 4.69) is 5.32 Å². The molecule has 0 aromatic heterocycles. The molecule has 0 spiro atoms. The van der Waals surface area contributed by atoms with Crippen LogP contribution in [0.2, 0.25) is 5.02 Å². The SMILES string of the molecule is N[C@@H](CSCC(=O)NCc1ccccc1Cl)C(=O)O. The van der Waals surface area contributed by atoms with Gasteiger partial charge in [-0.2, -0.15) is 0 Å². The molecule has 0 heterocycles. The van der Waals surface area contributed by atoms with Crippen molar-refractivity contribution < 1.29 is 14.7 Å². The molecule has 5 nitrogen and oxygen atoms in total. The Morgan fingerprint density at radius 3 is 2.74 bits per heavy atom. The van der Waals surface area contributed by atoms with Crippen molar-refractivity contribution in [2.24, 2.45) is 5.73 Å². The molecule has 1 amide bonds. The van der Waals surface area contributed by atoms with Crippen molar-refractivity contribution in [3.8, 4) is 0 Å². The summed E-state index contributed by atoms with van der Waals surface area (Å²) in [6.07, 6.45) is 0. The van der Waals surface area contributed by atoms with Crippen LogP contribution in [0.1, 0.15) is 5.56 Å². The lowest BCUT2D eigenvalue weighted by molar-refractivity contribution is -0.138. The molecule has 0 aliphatic heterocycles. The van der Waals surface area contributed by atoms with E-state index in [1.807, 2.05) is 18.2 Å². The Labute approximate surface area is 120 Å². The molecule has 1 atom stereocenters. The number of carbonyl (C=O) groups is 2. The Balaban J connectivity index is 2.25. The van der Waals surface area contributed by atoms with Gasteiger partial charge in [-0.1, -0.05) is 29.8 Å². The molecule has 104 valence electrons. The molecular weight excluding hydrogens is 288 g/mol. The number of rotatable bonds is 7. The number of carboxylic acid groups (broad SMARTS) is 1. The third kappa shape index (κ3) is 5.96. The highest BCUT2D eigenvalue weighted by Gasteiger charge is 2.12. The van der Waals surface area contributed by atoms with Gasteiger partial charge in [0.2, 0.25) is 5.91 Å². The fourth-order valence-corrected chi connectivity index (χ4v) is 2.24. The van der Waals surface area contributed by atoms with Crippen LogP contribution in [0, 0.1) is 0 Å². The summed E-state index contributed by atoms with van der Waals surface area (Å²) in [7, 11) is 0. The standard InChI is InChI=1S/C12H15ClN2O3S/c13-9-4-2-1-3-8(9)5-15-11(16)7-19-6-10(14)12(17)18/h1-4,10H,5-7,14H2,(H,15,16)(H,17,18)/t10-/m0/s1. The molecule has 0 saturated heterocycles. The van der Waals surface area contributed by atoms with Crippen LogP contribution in [-0.2, 0) is 16.1 Å². The van der Waals surface area contributed by atoms with Crippen LogP contribution >= 0.6 is 23.4 Å². The highest BCUT2D eigenvalue weighted by atomic mass is 35.5. The lowest BCUT2D eigenvalue weighted by Crippen LogP contribution is -2.33. The second-order valence-electron chi connectivity index (χ2n) is 3.83. The number of aliphatic carboxylic acids is 1. The molecule has 1 aromatic carbocycles. The van der Waals surface area contributed by atoms with Crippen LogP contribution in [0.5, 0.6) is 0 Å². The summed E-state index contributed by atoms with van der Waals surface area (Å²) in [6, 6.07) is 6.30. The molecule has 0 aliphatic carbocycles. The first-order valence-electron chi connectivity index (χ1n) is 5.57. The maximum absolute atomic E-state index is 11.5. The summed E-state index contributed by atoms with van der Waals surface area (Å²) in [6.45, 7) is 0.351. The molecular formula is C12H15ClN2O3S. The van der Waals surface area contributed by atoms with Crippen LogP contribution in [-0.4, -0.2) is 34.5 Å². The van der Waals surface area contributed by atoms with Gasteiger partial charge in [0.15, 0.2) is 0 Å². The largest absolute Gasteiger partial charge is 0.480 e. The second kappa shape index (κ2) is 8.04. The minimum Gasteiger partial charge on any atom is -0.480 e. The Morgan fingerprint density at radius 2 is 2.11 bits per heavy atom. The average molecular weight is 303 g/mol. The van der Waals surface area contributed by atoms with Gasteiger partial charge >= 0.3 is 5.97 Å². The Morgan fingerprint density at radius 1 is 1.42 bits per heavy atom. The average Bonchev–Trinajstić information content (AvgIpc) is 2.37. The van der Waals surface area contributed by atoms with E-state index in [-0.39, 0.29) is 17.4 Å². The first kappa shape index (κ1) is 15.8. The number of nitrogens with two attached hydrogens (primary N) is 1. The summed E-state index contributed by atoms with van der Waals surface area (Å²) in [5, 5.41) is 11.9. The van der Waals surface area contributed by atoms with E-state index in [4.69, 9.17) is 22.4 Å². The maximum atomic E-state index is 11.5. The van der Waals surface area contributed by atoms with Crippen LogP contribution in [0.15, 0.2) is 24.3 Å². The van der Waals surface area contributed by atoms with Gasteiger partial charge in [-0.05, 0) is 11.6 Å². The quantitative estimate of drug-likeness (QED) is 0.701. The van der Waals surface area contributed by atoms with Crippen LogP contribution in [0.25, 0.3) is 0 Å². The number of thioether (sulfide) groups is 1. The number of amides is 1. The zero-order chi connectivity index (χ0) is 14.3. The van der Waals surface area contributed by atoms with Crippen molar-refractivity contribution in [1.82, 2.24) is 5.32 Å². The van der Waals surface area contributed by atoms with Gasteiger partial charge in [0.25, 0.3) is 0 Å². The highest BCUT2D eigenvalue weighted by Crippen LogP contribution is 2.14. The van der Waals surface area contributed by atoms with Gasteiger partial charge in [0.05, 0.1) is 5.75 Å². The monoisotopic (exact) mass is 302 g/mol. The Bertz CT molecular complexity index is 456. The van der Waals surface area contributed by atoms with Crippen molar-refractivity contribution in [2.45, 2.75) is 12.6 Å². The minimum absolute atomic E-state index is 0.172. The summed E-state index contributed by atoms with van der Waals surface area (Å²) in [4.78, 5) is 22.0. The van der Waals surface area contributed by atoms with E-state index >= 15 is 0 Å². The van der Waals surface area contributed by atoms with E-state index < -0.39 is 12.0 Å². The van der Waals surface area contributed by atoms with Gasteiger partial charge in [-0.3, -0.25) is 9.59 Å². The minimum atomic E-state index is -1.07. The van der Waals surface area contributed by atoms with Gasteiger partial charge in [0, 0.05) is 17.3 Å². The van der Waals surface area contributed by atoms with Crippen LogP contribution < -0.4 is 11.1 Å². The molecule has 0 fully saturated rings. The second-order valence-corrected chi connectivity index (χ2v) is 5.27. The van der Waals surface area contributed by atoms with E-state index in [1.165, 1.54) is 11.8 Å². The number of nitrogens with one attached hydrogen (secondary N) is 1. The van der Waals surface area contributed by atoms with Gasteiger partial charge in [0.1, 0.15) is 6.04 Å². The van der Waals surface area contributed by atoms with Gasteiger partial charge in [-0.25, -0.2) is 0 Å². The third-order valence-corrected chi connectivity index (χ3v) is 3.71. The maximum Gasteiger partial charge on any atom is 0.321 e. The smallest absolute Gasteiger partial charge is 0.321 e. The zero-order valence-corrected chi connectivity index (χ0v) is 11.7. The van der Waals surface area contributed by atoms with Gasteiger partial charge in [-0.15, -0.1) is 11.8 Å². The van der Waals surface area contributed by atoms with E-state index in [1.54, 1.807) is 6.07 Å². The molecule has 1 aromatic rings. The van der Waals surface area contributed by atoms with Crippen molar-refractivity contribution in [1.29, 1.82) is 0 Å². The summed E-state index contributed by atoms with van der Waals surface area (Å²) in [5.74, 6) is -0.869. The van der Waals surface area contributed by atoms with E-state index in [0.29, 0.717) is 11.6 Å². The van der Waals surface area contributed by atoms with Crippen molar-refractivity contribution in [3.63, 3.8) is 0 Å². The lowest BCUT2D eigenvalue weighted by Gasteiger charge is -2.08. The first-order chi connectivity index (χ1) is 9.00. The highest BCUT2D eigenvalue weighted by molar-refractivity contribution is 8.00. The van der Waals surface area contributed by atoms with E-state index in [0.717, 1.165) is 5.56 Å². The number of carboxylic acids is 1. The molecule has 0 aliphatic rings. The van der Waals surface area contributed by atoms with E-state index in [9.17, 15) is 9.59 Å². The van der Waals surface area contributed by atoms with Gasteiger partial charge < -0.3 is 16.2 Å². The molecule has 0 bridgehead atoms. The fraction of sp³-hybridized carbons (Fsp3) is 0.333. The predicted molar refractivity (Wildman–Crippen MR) is 76.2 cm³/mol. The molecule has 19 heavy (non-hydrogen) atoms. The van der Waals surface area contributed by atoms with Crippen molar-refractivity contribution in [3.05, 3.63) is 34.9 Å². The summed E-state index contributed by atoms with van der Waals surface area (Å²) >= 11 is 7.14. The molecule has 0 unspecified atom stereocenters. The molecule has 0 radical (unpaired) electrons. The zero-order valence-electron chi connectivity index (χ0n) is 10.1. The molecule has 0 saturated carbocycles. The first-order valence-corrected chi connectivity index (χ1v) is 7.10. The number of halogens is 1.